The summed E-state index contributed by atoms with van der Waals surface area (Å²) in [6.07, 6.45) is 6.46. The van der Waals surface area contributed by atoms with Gasteiger partial charge in [0.15, 0.2) is 5.54 Å². The fourth-order valence-electron chi connectivity index (χ4n) is 4.56. The molecule has 2 aliphatic rings. The summed E-state index contributed by atoms with van der Waals surface area (Å²) in [5.41, 5.74) is 1.57. The van der Waals surface area contributed by atoms with Gasteiger partial charge in [-0.15, -0.1) is 0 Å². The monoisotopic (exact) mass is 404 g/mol. The van der Waals surface area contributed by atoms with Gasteiger partial charge in [-0.05, 0) is 55.2 Å². The summed E-state index contributed by atoms with van der Waals surface area (Å²) in [5, 5.41) is 3.23. The van der Waals surface area contributed by atoms with E-state index in [1.807, 2.05) is 67.6 Å². The van der Waals surface area contributed by atoms with Gasteiger partial charge in [-0.2, -0.15) is 0 Å². The van der Waals surface area contributed by atoms with Crippen LogP contribution in [0.5, 0.6) is 5.75 Å². The molecule has 4 rings (SSSR count). The summed E-state index contributed by atoms with van der Waals surface area (Å²) in [5.74, 6) is 0.571. The van der Waals surface area contributed by atoms with Crippen LogP contribution in [0.3, 0.4) is 0 Å². The van der Waals surface area contributed by atoms with Crippen LogP contribution in [0.1, 0.15) is 44.6 Å². The average molecular weight is 405 g/mol. The van der Waals surface area contributed by atoms with E-state index in [2.05, 4.69) is 5.32 Å². The molecular weight excluding hydrogens is 376 g/mol. The predicted octanol–water partition coefficient (Wildman–Crippen LogP) is 4.33. The van der Waals surface area contributed by atoms with Crippen LogP contribution >= 0.6 is 0 Å². The van der Waals surface area contributed by atoms with Crippen LogP contribution in [0, 0.1) is 0 Å². The fourth-order valence-corrected chi connectivity index (χ4v) is 4.56. The van der Waals surface area contributed by atoms with Crippen molar-refractivity contribution in [2.75, 3.05) is 12.0 Å². The molecule has 0 spiro atoms. The molecular formula is C25H28N2O3. The Hall–Kier alpha value is -3.08. The third-order valence-electron chi connectivity index (χ3n) is 6.27. The molecule has 2 aromatic carbocycles. The molecule has 0 radical (unpaired) electrons. The molecule has 1 aliphatic carbocycles. The number of nitrogens with one attached hydrogen (secondary N) is 1. The number of amides is 2. The standard InChI is InChI=1S/C25H28N2O3/c1-18(16-19-8-4-3-5-9-19)25(24(29)26-20-10-6-7-11-20)17-23(28)27(25)21-12-14-22(30-2)15-13-21/h3-5,8-9,12-16,20H,6-7,10-11,17H2,1-2H3,(H,26,29)/b18-16+/t25-/m0/s1. The molecule has 156 valence electrons. The molecule has 5 nitrogen and oxygen atoms in total. The number of carbonyl (C=O) groups excluding carboxylic acids is 2. The Morgan fingerprint density at radius 3 is 2.37 bits per heavy atom. The minimum Gasteiger partial charge on any atom is -0.497 e. The molecule has 2 fully saturated rings. The number of hydrogen-bond acceptors (Lipinski definition) is 3. The molecule has 2 amide bonds. The van der Waals surface area contributed by atoms with Crippen molar-refractivity contribution >= 4 is 23.6 Å². The summed E-state index contributed by atoms with van der Waals surface area (Å²) in [6, 6.07) is 17.4. The quantitative estimate of drug-likeness (QED) is 0.729. The summed E-state index contributed by atoms with van der Waals surface area (Å²) >= 11 is 0. The normalized spacial score (nSPS) is 22.0. The smallest absolute Gasteiger partial charge is 0.251 e. The second-order valence-corrected chi connectivity index (χ2v) is 8.16. The van der Waals surface area contributed by atoms with E-state index in [-0.39, 0.29) is 24.3 Å². The van der Waals surface area contributed by atoms with Crippen molar-refractivity contribution in [2.24, 2.45) is 0 Å². The first-order chi connectivity index (χ1) is 14.5. The molecule has 1 saturated carbocycles. The molecule has 0 aromatic heterocycles. The number of hydrogen-bond donors (Lipinski definition) is 1. The predicted molar refractivity (Wildman–Crippen MR) is 118 cm³/mol. The van der Waals surface area contributed by atoms with Crippen molar-refractivity contribution < 1.29 is 14.3 Å². The summed E-state index contributed by atoms with van der Waals surface area (Å²) in [6.45, 7) is 1.95. The van der Waals surface area contributed by atoms with Crippen LogP contribution in [-0.2, 0) is 9.59 Å². The molecule has 1 saturated heterocycles. The highest BCUT2D eigenvalue weighted by Crippen LogP contribution is 2.43. The first kappa shape index (κ1) is 20.2. The molecule has 2 aromatic rings. The van der Waals surface area contributed by atoms with Gasteiger partial charge >= 0.3 is 0 Å². The Kier molecular flexibility index (Phi) is 5.62. The van der Waals surface area contributed by atoms with Crippen LogP contribution in [-0.4, -0.2) is 30.5 Å². The van der Waals surface area contributed by atoms with Crippen molar-refractivity contribution in [1.29, 1.82) is 0 Å². The van der Waals surface area contributed by atoms with Crippen molar-refractivity contribution in [1.82, 2.24) is 5.32 Å². The maximum absolute atomic E-state index is 13.6. The molecule has 0 bridgehead atoms. The summed E-state index contributed by atoms with van der Waals surface area (Å²) in [4.78, 5) is 28.0. The lowest BCUT2D eigenvalue weighted by molar-refractivity contribution is -0.138. The van der Waals surface area contributed by atoms with E-state index in [0.29, 0.717) is 11.4 Å². The Morgan fingerprint density at radius 2 is 1.77 bits per heavy atom. The zero-order valence-corrected chi connectivity index (χ0v) is 17.6. The highest BCUT2D eigenvalue weighted by atomic mass is 16.5. The van der Waals surface area contributed by atoms with E-state index in [1.54, 1.807) is 12.0 Å². The minimum absolute atomic E-state index is 0.0532. The zero-order chi connectivity index (χ0) is 21.1. The third kappa shape index (κ3) is 3.60. The average Bonchev–Trinajstić information content (AvgIpc) is 3.25. The van der Waals surface area contributed by atoms with Gasteiger partial charge in [0.25, 0.3) is 5.91 Å². The lowest BCUT2D eigenvalue weighted by atomic mass is 9.75. The zero-order valence-electron chi connectivity index (χ0n) is 17.6. The molecule has 1 aliphatic heterocycles. The fraction of sp³-hybridized carbons (Fsp3) is 0.360. The van der Waals surface area contributed by atoms with Gasteiger partial charge in [-0.1, -0.05) is 49.2 Å². The van der Waals surface area contributed by atoms with Gasteiger partial charge in [0, 0.05) is 11.7 Å². The van der Waals surface area contributed by atoms with Gasteiger partial charge in [0.2, 0.25) is 5.91 Å². The maximum atomic E-state index is 13.6. The van der Waals surface area contributed by atoms with Crippen molar-refractivity contribution in [3.8, 4) is 5.75 Å². The Morgan fingerprint density at radius 1 is 1.10 bits per heavy atom. The van der Waals surface area contributed by atoms with Crippen LogP contribution < -0.4 is 15.0 Å². The van der Waals surface area contributed by atoms with E-state index in [0.717, 1.165) is 36.8 Å². The Labute approximate surface area is 177 Å². The lowest BCUT2D eigenvalue weighted by Crippen LogP contribution is -2.72. The van der Waals surface area contributed by atoms with Crippen molar-refractivity contribution in [3.05, 3.63) is 65.7 Å². The molecule has 1 heterocycles. The molecule has 0 unspecified atom stereocenters. The van der Waals surface area contributed by atoms with E-state index in [4.69, 9.17) is 4.74 Å². The van der Waals surface area contributed by atoms with E-state index >= 15 is 0 Å². The third-order valence-corrected chi connectivity index (χ3v) is 6.27. The van der Waals surface area contributed by atoms with Gasteiger partial charge < -0.3 is 10.1 Å². The molecule has 5 heteroatoms. The van der Waals surface area contributed by atoms with Crippen molar-refractivity contribution in [3.63, 3.8) is 0 Å². The minimum atomic E-state index is -1.01. The molecule has 30 heavy (non-hydrogen) atoms. The highest BCUT2D eigenvalue weighted by Gasteiger charge is 2.58. The lowest BCUT2D eigenvalue weighted by Gasteiger charge is -2.51. The van der Waals surface area contributed by atoms with Crippen LogP contribution in [0.25, 0.3) is 6.08 Å². The largest absolute Gasteiger partial charge is 0.497 e. The first-order valence-corrected chi connectivity index (χ1v) is 10.6. The number of methoxy groups -OCH3 is 1. The highest BCUT2D eigenvalue weighted by molar-refractivity contribution is 6.16. The maximum Gasteiger partial charge on any atom is 0.251 e. The second-order valence-electron chi connectivity index (χ2n) is 8.16. The van der Waals surface area contributed by atoms with Crippen LogP contribution in [0.4, 0.5) is 5.69 Å². The number of benzene rings is 2. The van der Waals surface area contributed by atoms with Gasteiger partial charge in [0.1, 0.15) is 5.75 Å². The molecule has 1 N–H and O–H groups in total. The second kappa shape index (κ2) is 8.34. The summed E-state index contributed by atoms with van der Waals surface area (Å²) in [7, 11) is 1.61. The number of nitrogens with zero attached hydrogens (tertiary/aromatic N) is 1. The van der Waals surface area contributed by atoms with Crippen LogP contribution in [0.15, 0.2) is 60.2 Å². The van der Waals surface area contributed by atoms with Gasteiger partial charge in [0.05, 0.1) is 13.5 Å². The van der Waals surface area contributed by atoms with Crippen LogP contribution in [0.2, 0.25) is 0 Å². The summed E-state index contributed by atoms with van der Waals surface area (Å²) < 4.78 is 5.25. The van der Waals surface area contributed by atoms with E-state index in [1.165, 1.54) is 0 Å². The SMILES string of the molecule is COc1ccc(N2C(=O)C[C@@]2(C(=O)NC2CCCC2)/C(C)=C/c2ccccc2)cc1. The Bertz CT molecular complexity index is 946. The number of rotatable bonds is 6. The van der Waals surface area contributed by atoms with Gasteiger partial charge in [-0.25, -0.2) is 0 Å². The van der Waals surface area contributed by atoms with Crippen molar-refractivity contribution in [2.45, 2.75) is 50.6 Å². The van der Waals surface area contributed by atoms with E-state index in [9.17, 15) is 9.59 Å². The number of anilines is 1. The Balaban J connectivity index is 1.73. The first-order valence-electron chi connectivity index (χ1n) is 10.6. The number of ether oxygens (including phenoxy) is 1. The van der Waals surface area contributed by atoms with Gasteiger partial charge in [-0.3, -0.25) is 14.5 Å². The topological polar surface area (TPSA) is 58.6 Å². The van der Waals surface area contributed by atoms with E-state index < -0.39 is 5.54 Å². The molecule has 1 atom stereocenters. The number of β-lactam (4-membered cyclic amide) rings is 1. The number of carbonyl (C=O) groups is 2.